The minimum Gasteiger partial charge on any atom is -0.367 e. The Morgan fingerprint density at radius 1 is 1.08 bits per heavy atom. The van der Waals surface area contributed by atoms with Gasteiger partial charge in [0.1, 0.15) is 0 Å². The second-order valence-electron chi connectivity index (χ2n) is 6.81. The van der Waals surface area contributed by atoms with Crippen molar-refractivity contribution in [3.63, 3.8) is 0 Å². The van der Waals surface area contributed by atoms with Crippen molar-refractivity contribution >= 4 is 22.5 Å². The van der Waals surface area contributed by atoms with Crippen LogP contribution in [0.25, 0.3) is 11.0 Å². The Morgan fingerprint density at radius 2 is 1.77 bits per heavy atom. The molecule has 26 heavy (non-hydrogen) atoms. The average Bonchev–Trinajstić information content (AvgIpc) is 3.01. The SMILES string of the molecule is CC.CCCCCC(=O)c1nc2cccc(N3CCN(C)CC3)c2n1C. The predicted octanol–water partition coefficient (Wildman–Crippen LogP) is 4.11. The Morgan fingerprint density at radius 3 is 2.42 bits per heavy atom. The number of fused-ring (bicyclic) bond motifs is 1. The largest absolute Gasteiger partial charge is 0.367 e. The highest BCUT2D eigenvalue weighted by molar-refractivity contribution is 5.99. The molecule has 2 aromatic rings. The number of aromatic nitrogens is 2. The van der Waals surface area contributed by atoms with Crippen LogP contribution in [0.5, 0.6) is 0 Å². The molecule has 0 radical (unpaired) electrons. The standard InChI is InChI=1S/C19H28N4O.C2H6/c1-4-5-6-10-17(24)19-20-15-8-7-9-16(18(15)22(19)3)23-13-11-21(2)12-14-23;1-2/h7-9H,4-6,10-14H2,1-3H3;1-2H3. The lowest BCUT2D eigenvalue weighted by Gasteiger charge is -2.34. The topological polar surface area (TPSA) is 41.4 Å². The first kappa shape index (κ1) is 20.4. The molecule has 3 rings (SSSR count). The molecule has 1 aromatic heterocycles. The van der Waals surface area contributed by atoms with Crippen LogP contribution in [0.2, 0.25) is 0 Å². The van der Waals surface area contributed by atoms with Gasteiger partial charge in [0.15, 0.2) is 11.6 Å². The summed E-state index contributed by atoms with van der Waals surface area (Å²) in [7, 11) is 4.14. The number of unbranched alkanes of at least 4 members (excludes halogenated alkanes) is 2. The molecule has 5 heteroatoms. The lowest BCUT2D eigenvalue weighted by atomic mass is 10.1. The van der Waals surface area contributed by atoms with Crippen LogP contribution in [0.4, 0.5) is 5.69 Å². The second-order valence-corrected chi connectivity index (χ2v) is 6.81. The van der Waals surface area contributed by atoms with E-state index in [2.05, 4.69) is 34.8 Å². The maximum Gasteiger partial charge on any atom is 0.198 e. The summed E-state index contributed by atoms with van der Waals surface area (Å²) < 4.78 is 2.00. The molecule has 0 aliphatic carbocycles. The van der Waals surface area contributed by atoms with Crippen molar-refractivity contribution in [2.24, 2.45) is 7.05 Å². The number of anilines is 1. The zero-order valence-electron chi connectivity index (χ0n) is 17.1. The molecule has 1 aliphatic heterocycles. The number of Topliss-reactive ketones (excluding diaryl/α,β-unsaturated/α-hetero) is 1. The zero-order valence-corrected chi connectivity index (χ0v) is 17.1. The van der Waals surface area contributed by atoms with Gasteiger partial charge in [-0.1, -0.05) is 39.7 Å². The Hall–Kier alpha value is -1.88. The van der Waals surface area contributed by atoms with Crippen molar-refractivity contribution in [2.45, 2.75) is 46.5 Å². The molecule has 0 amide bonds. The molecule has 0 spiro atoms. The summed E-state index contributed by atoms with van der Waals surface area (Å²) in [6.07, 6.45) is 3.77. The van der Waals surface area contributed by atoms with Crippen LogP contribution in [-0.2, 0) is 7.05 Å². The van der Waals surface area contributed by atoms with Crippen LogP contribution in [0.15, 0.2) is 18.2 Å². The highest BCUT2D eigenvalue weighted by Gasteiger charge is 2.21. The van der Waals surface area contributed by atoms with Gasteiger partial charge >= 0.3 is 0 Å². The van der Waals surface area contributed by atoms with E-state index in [0.29, 0.717) is 12.2 Å². The number of carbonyl (C=O) groups is 1. The summed E-state index contributed by atoms with van der Waals surface area (Å²) in [6.45, 7) is 10.3. The van der Waals surface area contributed by atoms with E-state index in [-0.39, 0.29) is 5.78 Å². The molecule has 0 N–H and O–H groups in total. The molecule has 0 saturated carbocycles. The van der Waals surface area contributed by atoms with E-state index < -0.39 is 0 Å². The van der Waals surface area contributed by atoms with Gasteiger partial charge in [0.2, 0.25) is 0 Å². The van der Waals surface area contributed by atoms with Gasteiger partial charge < -0.3 is 14.4 Å². The Kier molecular flexibility index (Phi) is 7.64. The minimum atomic E-state index is 0.159. The number of ketones is 1. The van der Waals surface area contributed by atoms with E-state index in [4.69, 9.17) is 0 Å². The number of hydrogen-bond acceptors (Lipinski definition) is 4. The molecule has 0 unspecified atom stereocenters. The van der Waals surface area contributed by atoms with Crippen molar-refractivity contribution in [3.8, 4) is 0 Å². The van der Waals surface area contributed by atoms with Crippen molar-refractivity contribution < 1.29 is 4.79 Å². The van der Waals surface area contributed by atoms with E-state index in [1.54, 1.807) is 0 Å². The van der Waals surface area contributed by atoms with Gasteiger partial charge in [0.05, 0.1) is 16.7 Å². The molecule has 2 heterocycles. The molecule has 1 saturated heterocycles. The number of rotatable bonds is 6. The number of nitrogens with zero attached hydrogens (tertiary/aromatic N) is 4. The fourth-order valence-electron chi connectivity index (χ4n) is 3.45. The summed E-state index contributed by atoms with van der Waals surface area (Å²) in [5.41, 5.74) is 3.21. The van der Waals surface area contributed by atoms with Crippen LogP contribution in [-0.4, -0.2) is 53.5 Å². The van der Waals surface area contributed by atoms with Crippen LogP contribution in [0, 0.1) is 0 Å². The van der Waals surface area contributed by atoms with E-state index in [0.717, 1.165) is 56.5 Å². The van der Waals surface area contributed by atoms with Crippen molar-refractivity contribution in [2.75, 3.05) is 38.1 Å². The fourth-order valence-corrected chi connectivity index (χ4v) is 3.45. The van der Waals surface area contributed by atoms with E-state index in [1.807, 2.05) is 37.6 Å². The Bertz CT molecular complexity index is 714. The number of imidazole rings is 1. The smallest absolute Gasteiger partial charge is 0.198 e. The maximum absolute atomic E-state index is 12.5. The lowest BCUT2D eigenvalue weighted by Crippen LogP contribution is -2.44. The Labute approximate surface area is 158 Å². The van der Waals surface area contributed by atoms with Gasteiger partial charge in [-0.3, -0.25) is 4.79 Å². The van der Waals surface area contributed by atoms with Gasteiger partial charge in [0, 0.05) is 39.6 Å². The molecule has 1 fully saturated rings. The summed E-state index contributed by atoms with van der Waals surface area (Å²) in [5, 5.41) is 0. The molecule has 1 aliphatic rings. The van der Waals surface area contributed by atoms with E-state index in [9.17, 15) is 4.79 Å². The van der Waals surface area contributed by atoms with Gasteiger partial charge in [-0.25, -0.2) is 4.98 Å². The first-order chi connectivity index (χ1) is 12.6. The molecule has 0 atom stereocenters. The van der Waals surface area contributed by atoms with E-state index >= 15 is 0 Å². The molecule has 1 aromatic carbocycles. The number of hydrogen-bond donors (Lipinski definition) is 0. The van der Waals surface area contributed by atoms with Gasteiger partial charge in [0.25, 0.3) is 0 Å². The number of piperazine rings is 1. The van der Waals surface area contributed by atoms with Crippen LogP contribution in [0.1, 0.15) is 57.1 Å². The third-order valence-electron chi connectivity index (χ3n) is 4.97. The molecular weight excluding hydrogens is 324 g/mol. The molecule has 0 bridgehead atoms. The molecule has 144 valence electrons. The third kappa shape index (κ3) is 4.44. The van der Waals surface area contributed by atoms with Crippen molar-refractivity contribution in [1.29, 1.82) is 0 Å². The monoisotopic (exact) mass is 358 g/mol. The summed E-state index contributed by atoms with van der Waals surface area (Å²) in [5.74, 6) is 0.758. The molecule has 5 nitrogen and oxygen atoms in total. The van der Waals surface area contributed by atoms with Crippen LogP contribution in [0.3, 0.4) is 0 Å². The van der Waals surface area contributed by atoms with Gasteiger partial charge in [-0.15, -0.1) is 0 Å². The molecular formula is C21H34N4O. The van der Waals surface area contributed by atoms with E-state index in [1.165, 1.54) is 5.69 Å². The quantitative estimate of drug-likeness (QED) is 0.575. The first-order valence-electron chi connectivity index (χ1n) is 10.0. The zero-order chi connectivity index (χ0) is 19.1. The number of para-hydroxylation sites is 1. The lowest BCUT2D eigenvalue weighted by molar-refractivity contribution is 0.0967. The number of likely N-dealkylation sites (N-methyl/N-ethyl adjacent to an activating group) is 1. The van der Waals surface area contributed by atoms with Crippen molar-refractivity contribution in [1.82, 2.24) is 14.5 Å². The number of benzene rings is 1. The number of carbonyl (C=O) groups excluding carboxylic acids is 1. The van der Waals surface area contributed by atoms with Crippen LogP contribution < -0.4 is 4.90 Å². The minimum absolute atomic E-state index is 0.159. The number of aryl methyl sites for hydroxylation is 1. The predicted molar refractivity (Wildman–Crippen MR) is 110 cm³/mol. The maximum atomic E-state index is 12.5. The summed E-state index contributed by atoms with van der Waals surface area (Å²) in [4.78, 5) is 21.9. The summed E-state index contributed by atoms with van der Waals surface area (Å²) in [6, 6.07) is 6.22. The van der Waals surface area contributed by atoms with Crippen molar-refractivity contribution in [3.05, 3.63) is 24.0 Å². The third-order valence-corrected chi connectivity index (χ3v) is 4.97. The average molecular weight is 359 g/mol. The van der Waals surface area contributed by atoms with Gasteiger partial charge in [-0.2, -0.15) is 0 Å². The van der Waals surface area contributed by atoms with Crippen LogP contribution >= 0.6 is 0 Å². The highest BCUT2D eigenvalue weighted by atomic mass is 16.1. The Balaban J connectivity index is 0.00000117. The first-order valence-corrected chi connectivity index (χ1v) is 10.0. The fraction of sp³-hybridized carbons (Fsp3) is 0.619. The summed E-state index contributed by atoms with van der Waals surface area (Å²) >= 11 is 0. The normalized spacial score (nSPS) is 15.0. The van der Waals surface area contributed by atoms with Gasteiger partial charge in [-0.05, 0) is 25.6 Å². The highest BCUT2D eigenvalue weighted by Crippen LogP contribution is 2.28. The second kappa shape index (κ2) is 9.72.